The fourth-order valence-corrected chi connectivity index (χ4v) is 1.05. The van der Waals surface area contributed by atoms with E-state index in [9.17, 15) is 0 Å². The maximum Gasteiger partial charge on any atom is 0.137 e. The van der Waals surface area contributed by atoms with Crippen LogP contribution in [-0.4, -0.2) is 14.8 Å². The lowest BCUT2D eigenvalue weighted by atomic mass is 10.2. The van der Waals surface area contributed by atoms with E-state index in [1.165, 1.54) is 25.7 Å². The predicted octanol–water partition coefficient (Wildman–Crippen LogP) is 1.86. The van der Waals surface area contributed by atoms with E-state index in [-0.39, 0.29) is 0 Å². The number of aromatic nitrogens is 3. The van der Waals surface area contributed by atoms with Gasteiger partial charge in [0.05, 0.1) is 0 Å². The number of nitrogens with zero attached hydrogens (tertiary/aromatic N) is 3. The Balaban J connectivity index is 2.04. The molecule has 0 amide bonds. The molecule has 3 nitrogen and oxygen atoms in total. The third kappa shape index (κ3) is 3.16. The second-order valence-corrected chi connectivity index (χ2v) is 2.72. The van der Waals surface area contributed by atoms with Gasteiger partial charge in [-0.25, -0.2) is 4.98 Å². The first kappa shape index (κ1) is 8.24. The van der Waals surface area contributed by atoms with Crippen LogP contribution in [0.1, 0.15) is 32.6 Å². The monoisotopic (exact) mass is 153 g/mol. The van der Waals surface area contributed by atoms with Gasteiger partial charge in [-0.05, 0) is 6.42 Å². The Labute approximate surface area is 67.4 Å². The molecular formula is C8H15N3. The van der Waals surface area contributed by atoms with Crippen LogP contribution < -0.4 is 0 Å². The summed E-state index contributed by atoms with van der Waals surface area (Å²) in [4.78, 5) is 3.87. The highest BCUT2D eigenvalue weighted by molar-refractivity contribution is 4.55. The maximum absolute atomic E-state index is 4.02. The fourth-order valence-electron chi connectivity index (χ4n) is 1.05. The molecular weight excluding hydrogens is 138 g/mol. The van der Waals surface area contributed by atoms with E-state index in [1.54, 1.807) is 12.7 Å². The van der Waals surface area contributed by atoms with Gasteiger partial charge in [0.1, 0.15) is 12.7 Å². The van der Waals surface area contributed by atoms with Crippen molar-refractivity contribution in [3.63, 3.8) is 0 Å². The van der Waals surface area contributed by atoms with Gasteiger partial charge >= 0.3 is 0 Å². The Kier molecular flexibility index (Phi) is 3.65. The van der Waals surface area contributed by atoms with Crippen LogP contribution in [0, 0.1) is 0 Å². The Bertz CT molecular complexity index is 169. The Morgan fingerprint density at radius 3 is 2.82 bits per heavy atom. The van der Waals surface area contributed by atoms with Crippen molar-refractivity contribution in [3.8, 4) is 0 Å². The fraction of sp³-hybridized carbons (Fsp3) is 0.750. The third-order valence-electron chi connectivity index (χ3n) is 1.71. The van der Waals surface area contributed by atoms with Crippen molar-refractivity contribution in [1.82, 2.24) is 14.8 Å². The molecule has 3 heteroatoms. The molecule has 0 atom stereocenters. The minimum atomic E-state index is 1.01. The molecule has 0 aliphatic carbocycles. The highest BCUT2D eigenvalue weighted by Gasteiger charge is 1.90. The minimum Gasteiger partial charge on any atom is -0.253 e. The van der Waals surface area contributed by atoms with Gasteiger partial charge in [-0.1, -0.05) is 26.2 Å². The molecule has 0 saturated heterocycles. The van der Waals surface area contributed by atoms with Crippen LogP contribution in [-0.2, 0) is 6.54 Å². The van der Waals surface area contributed by atoms with Crippen LogP contribution in [0.25, 0.3) is 0 Å². The van der Waals surface area contributed by atoms with E-state index in [1.807, 2.05) is 4.68 Å². The third-order valence-corrected chi connectivity index (χ3v) is 1.71. The standard InChI is InChI=1S/C8H15N3/c1-2-3-4-5-6-11-8-9-7-10-11/h7-8H,2-6H2,1H3. The zero-order valence-corrected chi connectivity index (χ0v) is 7.03. The van der Waals surface area contributed by atoms with Crippen molar-refractivity contribution in [2.24, 2.45) is 0 Å². The van der Waals surface area contributed by atoms with Gasteiger partial charge in [-0.15, -0.1) is 0 Å². The summed E-state index contributed by atoms with van der Waals surface area (Å²) in [5, 5.41) is 4.02. The summed E-state index contributed by atoms with van der Waals surface area (Å²) in [5.41, 5.74) is 0. The number of hydrogen-bond donors (Lipinski definition) is 0. The topological polar surface area (TPSA) is 30.7 Å². The lowest BCUT2D eigenvalue weighted by Crippen LogP contribution is -1.97. The normalized spacial score (nSPS) is 10.3. The number of hydrogen-bond acceptors (Lipinski definition) is 2. The average Bonchev–Trinajstić information content (AvgIpc) is 2.50. The predicted molar refractivity (Wildman–Crippen MR) is 44.2 cm³/mol. The van der Waals surface area contributed by atoms with Crippen molar-refractivity contribution in [2.45, 2.75) is 39.2 Å². The second kappa shape index (κ2) is 4.88. The van der Waals surface area contributed by atoms with E-state index in [2.05, 4.69) is 17.0 Å². The highest BCUT2D eigenvalue weighted by atomic mass is 15.3. The molecule has 0 spiro atoms. The molecule has 0 bridgehead atoms. The van der Waals surface area contributed by atoms with Crippen molar-refractivity contribution >= 4 is 0 Å². The molecule has 0 radical (unpaired) electrons. The summed E-state index contributed by atoms with van der Waals surface area (Å²) in [6, 6.07) is 0. The first-order valence-electron chi connectivity index (χ1n) is 4.26. The summed E-state index contributed by atoms with van der Waals surface area (Å²) < 4.78 is 1.88. The first-order chi connectivity index (χ1) is 5.43. The summed E-state index contributed by atoms with van der Waals surface area (Å²) in [6.07, 6.45) is 8.49. The van der Waals surface area contributed by atoms with Crippen LogP contribution >= 0.6 is 0 Å². The van der Waals surface area contributed by atoms with E-state index >= 15 is 0 Å². The summed E-state index contributed by atoms with van der Waals surface area (Å²) in [5.74, 6) is 0. The van der Waals surface area contributed by atoms with Crippen LogP contribution in [0.3, 0.4) is 0 Å². The van der Waals surface area contributed by atoms with Gasteiger partial charge in [-0.3, -0.25) is 4.68 Å². The van der Waals surface area contributed by atoms with Gasteiger partial charge in [0.25, 0.3) is 0 Å². The maximum atomic E-state index is 4.02. The Morgan fingerprint density at radius 1 is 1.27 bits per heavy atom. The van der Waals surface area contributed by atoms with E-state index < -0.39 is 0 Å². The van der Waals surface area contributed by atoms with E-state index in [4.69, 9.17) is 0 Å². The molecule has 1 aromatic rings. The summed E-state index contributed by atoms with van der Waals surface area (Å²) in [6.45, 7) is 3.23. The van der Waals surface area contributed by atoms with Gasteiger partial charge < -0.3 is 0 Å². The lowest BCUT2D eigenvalue weighted by molar-refractivity contribution is 0.540. The number of aryl methyl sites for hydroxylation is 1. The van der Waals surface area contributed by atoms with Crippen molar-refractivity contribution in [3.05, 3.63) is 12.7 Å². The van der Waals surface area contributed by atoms with E-state index in [0.29, 0.717) is 0 Å². The zero-order chi connectivity index (χ0) is 7.94. The summed E-state index contributed by atoms with van der Waals surface area (Å²) in [7, 11) is 0. The average molecular weight is 153 g/mol. The zero-order valence-electron chi connectivity index (χ0n) is 7.03. The van der Waals surface area contributed by atoms with Crippen LogP contribution in [0.5, 0.6) is 0 Å². The molecule has 62 valence electrons. The van der Waals surface area contributed by atoms with Crippen molar-refractivity contribution in [2.75, 3.05) is 0 Å². The molecule has 1 aromatic heterocycles. The number of unbranched alkanes of at least 4 members (excludes halogenated alkanes) is 3. The van der Waals surface area contributed by atoms with Crippen molar-refractivity contribution in [1.29, 1.82) is 0 Å². The summed E-state index contributed by atoms with van der Waals surface area (Å²) >= 11 is 0. The smallest absolute Gasteiger partial charge is 0.137 e. The second-order valence-electron chi connectivity index (χ2n) is 2.72. The van der Waals surface area contributed by atoms with Crippen molar-refractivity contribution < 1.29 is 0 Å². The molecule has 1 rings (SSSR count). The Morgan fingerprint density at radius 2 is 2.18 bits per heavy atom. The van der Waals surface area contributed by atoms with Gasteiger partial charge in [0, 0.05) is 6.54 Å². The molecule has 0 aromatic carbocycles. The molecule has 0 saturated carbocycles. The molecule has 1 heterocycles. The van der Waals surface area contributed by atoms with Gasteiger partial charge in [0.15, 0.2) is 0 Å². The number of rotatable bonds is 5. The van der Waals surface area contributed by atoms with E-state index in [0.717, 1.165) is 6.54 Å². The highest BCUT2D eigenvalue weighted by Crippen LogP contribution is 1.99. The van der Waals surface area contributed by atoms with Crippen LogP contribution in [0.15, 0.2) is 12.7 Å². The molecule has 0 aliphatic heterocycles. The van der Waals surface area contributed by atoms with Gasteiger partial charge in [-0.2, -0.15) is 5.10 Å². The lowest BCUT2D eigenvalue weighted by Gasteiger charge is -1.98. The molecule has 0 unspecified atom stereocenters. The quantitative estimate of drug-likeness (QED) is 0.604. The minimum absolute atomic E-state index is 1.01. The molecule has 11 heavy (non-hydrogen) atoms. The largest absolute Gasteiger partial charge is 0.253 e. The van der Waals surface area contributed by atoms with Crippen LogP contribution in [0.2, 0.25) is 0 Å². The first-order valence-corrected chi connectivity index (χ1v) is 4.26. The molecule has 0 fully saturated rings. The van der Waals surface area contributed by atoms with Gasteiger partial charge in [0.2, 0.25) is 0 Å². The molecule has 0 N–H and O–H groups in total. The SMILES string of the molecule is CCCCCCn1cncn1. The molecule has 0 aliphatic rings. The Hall–Kier alpha value is -0.860. The van der Waals surface area contributed by atoms with Crippen LogP contribution in [0.4, 0.5) is 0 Å².